The van der Waals surface area contributed by atoms with Gasteiger partial charge in [0.2, 0.25) is 5.91 Å². The summed E-state index contributed by atoms with van der Waals surface area (Å²) < 4.78 is 63.0. The highest BCUT2D eigenvalue weighted by atomic mass is 32.2. The average molecular weight is 687 g/mol. The van der Waals surface area contributed by atoms with E-state index in [2.05, 4.69) is 39.3 Å². The van der Waals surface area contributed by atoms with Gasteiger partial charge < -0.3 is 10.1 Å². The fourth-order valence-electron chi connectivity index (χ4n) is 4.92. The van der Waals surface area contributed by atoms with E-state index in [1.54, 1.807) is 6.07 Å². The zero-order valence-electron chi connectivity index (χ0n) is 25.9. The molecular formula is C29H34N6O8S2Si. The first-order chi connectivity index (χ1) is 21.5. The molecule has 3 aliphatic heterocycles. The predicted octanol–water partition coefficient (Wildman–Crippen LogP) is 3.82. The van der Waals surface area contributed by atoms with Gasteiger partial charge >= 0.3 is 6.09 Å². The molecular weight excluding hydrogens is 653 g/mol. The van der Waals surface area contributed by atoms with Gasteiger partial charge in [0.05, 0.1) is 17.9 Å². The maximum absolute atomic E-state index is 13.8. The minimum Gasteiger partial charge on any atom is -0.449 e. The number of nitrogens with one attached hydrogen (secondary N) is 1. The Kier molecular flexibility index (Phi) is 8.78. The molecule has 0 saturated heterocycles. The zero-order chi connectivity index (χ0) is 33.6. The first-order valence-electron chi connectivity index (χ1n) is 14.5. The summed E-state index contributed by atoms with van der Waals surface area (Å²) in [7, 11) is -10.5. The van der Waals surface area contributed by atoms with E-state index < -0.39 is 62.7 Å². The summed E-state index contributed by atoms with van der Waals surface area (Å²) in [5, 5.41) is 2.26. The quantitative estimate of drug-likeness (QED) is 0.316. The van der Waals surface area contributed by atoms with E-state index >= 15 is 0 Å². The smallest absolute Gasteiger partial charge is 0.428 e. The largest absolute Gasteiger partial charge is 0.449 e. The molecule has 0 aliphatic carbocycles. The zero-order valence-corrected chi connectivity index (χ0v) is 28.6. The third kappa shape index (κ3) is 6.39. The van der Waals surface area contributed by atoms with Crippen LogP contribution in [0.25, 0.3) is 0 Å². The van der Waals surface area contributed by atoms with Gasteiger partial charge in [-0.05, 0) is 42.6 Å². The molecule has 1 aromatic heterocycles. The Morgan fingerprint density at radius 2 is 1.85 bits per heavy atom. The van der Waals surface area contributed by atoms with E-state index in [0.29, 0.717) is 16.8 Å². The molecule has 0 saturated carbocycles. The highest BCUT2D eigenvalue weighted by Gasteiger charge is 2.46. The maximum atomic E-state index is 13.8. The number of Topliss-reactive ketones (excluding diaryl/α,β-unsaturated/α-hetero) is 1. The van der Waals surface area contributed by atoms with Crippen molar-refractivity contribution in [3.8, 4) is 0 Å². The fraction of sp³-hybridized carbons (Fsp3) is 0.379. The van der Waals surface area contributed by atoms with Gasteiger partial charge in [-0.15, -0.1) is 4.40 Å². The number of pyridine rings is 1. The number of amidine groups is 1. The SMILES string of the molecule is CC(C)CCN1C(=O)C(C2=NS(=O)(=O)c3ccc(C4=NC=CN(C(=O)OCC[Si](C)(C)C)S4(=O)=O)cc3N2)C(=O)c2cccnc21. The number of benzene rings is 1. The van der Waals surface area contributed by atoms with Crippen LogP contribution in [0.4, 0.5) is 16.3 Å². The molecule has 1 unspecified atom stereocenters. The van der Waals surface area contributed by atoms with Crippen LogP contribution in [0.2, 0.25) is 25.7 Å². The first-order valence-corrected chi connectivity index (χ1v) is 21.1. The molecule has 244 valence electrons. The van der Waals surface area contributed by atoms with Crippen molar-refractivity contribution in [3.63, 3.8) is 0 Å². The molecule has 17 heteroatoms. The molecule has 2 aromatic rings. The number of carbonyl (C=O) groups is 3. The molecule has 0 spiro atoms. The molecule has 1 aromatic carbocycles. The van der Waals surface area contributed by atoms with Gasteiger partial charge in [0.15, 0.2) is 16.7 Å². The average Bonchev–Trinajstić information content (AvgIpc) is 2.95. The van der Waals surface area contributed by atoms with Crippen molar-refractivity contribution >= 4 is 68.3 Å². The Bertz CT molecular complexity index is 1930. The van der Waals surface area contributed by atoms with Crippen LogP contribution in [0.15, 0.2) is 63.2 Å². The van der Waals surface area contributed by atoms with Crippen LogP contribution in [0.3, 0.4) is 0 Å². The summed E-state index contributed by atoms with van der Waals surface area (Å²) in [6, 6.07) is 7.25. The van der Waals surface area contributed by atoms with Crippen molar-refractivity contribution in [2.75, 3.05) is 23.4 Å². The third-order valence-corrected chi connectivity index (χ3v) is 12.1. The number of aliphatic imine (C=N–C) groups is 1. The van der Waals surface area contributed by atoms with Crippen LogP contribution in [0.5, 0.6) is 0 Å². The van der Waals surface area contributed by atoms with Gasteiger partial charge in [0, 0.05) is 38.8 Å². The van der Waals surface area contributed by atoms with E-state index in [0.717, 1.165) is 18.5 Å². The Morgan fingerprint density at radius 1 is 1.11 bits per heavy atom. The second kappa shape index (κ2) is 12.2. The molecule has 0 fully saturated rings. The molecule has 0 radical (unpaired) electrons. The number of ether oxygens (including phenoxy) is 1. The molecule has 4 heterocycles. The molecule has 14 nitrogen and oxygen atoms in total. The van der Waals surface area contributed by atoms with E-state index in [-0.39, 0.29) is 46.6 Å². The van der Waals surface area contributed by atoms with Gasteiger partial charge in [0.1, 0.15) is 16.5 Å². The molecule has 1 atom stereocenters. The van der Waals surface area contributed by atoms with Gasteiger partial charge in [-0.3, -0.25) is 14.5 Å². The monoisotopic (exact) mass is 686 g/mol. The van der Waals surface area contributed by atoms with Crippen molar-refractivity contribution in [2.24, 2.45) is 21.2 Å². The Morgan fingerprint density at radius 3 is 2.54 bits per heavy atom. The summed E-state index contributed by atoms with van der Waals surface area (Å²) in [6.45, 7) is 10.5. The third-order valence-electron chi connectivity index (χ3n) is 7.43. The highest BCUT2D eigenvalue weighted by molar-refractivity contribution is 8.05. The number of nitrogens with zero attached hydrogens (tertiary/aromatic N) is 5. The maximum Gasteiger partial charge on any atom is 0.428 e. The lowest BCUT2D eigenvalue weighted by atomic mass is 9.90. The minimum absolute atomic E-state index is 0.0532. The van der Waals surface area contributed by atoms with Crippen molar-refractivity contribution in [3.05, 3.63) is 60.1 Å². The van der Waals surface area contributed by atoms with Crippen LogP contribution in [-0.2, 0) is 29.6 Å². The Hall–Kier alpha value is -4.22. The lowest BCUT2D eigenvalue weighted by molar-refractivity contribution is -0.119. The molecule has 3 aliphatic rings. The van der Waals surface area contributed by atoms with E-state index in [1.807, 2.05) is 13.8 Å². The summed E-state index contributed by atoms with van der Waals surface area (Å²) in [5.74, 6) is -2.99. The molecule has 46 heavy (non-hydrogen) atoms. The molecule has 1 N–H and O–H groups in total. The minimum atomic E-state index is -4.54. The van der Waals surface area contributed by atoms with Gasteiger partial charge in [-0.2, -0.15) is 21.1 Å². The van der Waals surface area contributed by atoms with Crippen molar-refractivity contribution < 1.29 is 36.0 Å². The molecule has 2 amide bonds. The molecule has 0 bridgehead atoms. The first kappa shape index (κ1) is 33.1. The number of fused-ring (bicyclic) bond motifs is 2. The van der Waals surface area contributed by atoms with Crippen LogP contribution >= 0.6 is 0 Å². The lowest BCUT2D eigenvalue weighted by Gasteiger charge is -2.34. The second-order valence-corrected chi connectivity index (χ2v) is 21.5. The Balaban J connectivity index is 1.46. The van der Waals surface area contributed by atoms with Crippen molar-refractivity contribution in [2.45, 2.75) is 50.8 Å². The number of rotatable bonds is 8. The predicted molar refractivity (Wildman–Crippen MR) is 174 cm³/mol. The summed E-state index contributed by atoms with van der Waals surface area (Å²) >= 11 is 0. The second-order valence-electron chi connectivity index (χ2n) is 12.6. The summed E-state index contributed by atoms with van der Waals surface area (Å²) in [4.78, 5) is 49.4. The highest BCUT2D eigenvalue weighted by Crippen LogP contribution is 2.35. The number of amides is 2. The molecule has 5 rings (SSSR count). The van der Waals surface area contributed by atoms with E-state index in [9.17, 15) is 31.2 Å². The van der Waals surface area contributed by atoms with Crippen LogP contribution in [-0.4, -0.2) is 76.0 Å². The van der Waals surface area contributed by atoms with Crippen LogP contribution in [0.1, 0.15) is 36.2 Å². The van der Waals surface area contributed by atoms with Crippen molar-refractivity contribution in [1.82, 2.24) is 9.29 Å². The number of sulfonamides is 2. The van der Waals surface area contributed by atoms with Gasteiger partial charge in [0.25, 0.3) is 20.0 Å². The number of anilines is 2. The van der Waals surface area contributed by atoms with Crippen LogP contribution < -0.4 is 10.2 Å². The Labute approximate surface area is 268 Å². The van der Waals surface area contributed by atoms with E-state index in [1.165, 1.54) is 29.3 Å². The van der Waals surface area contributed by atoms with Gasteiger partial charge in [-0.25, -0.2) is 14.8 Å². The lowest BCUT2D eigenvalue weighted by Crippen LogP contribution is -2.51. The number of aromatic nitrogens is 1. The topological polar surface area (TPSA) is 185 Å². The van der Waals surface area contributed by atoms with Gasteiger partial charge in [-0.1, -0.05) is 39.6 Å². The summed E-state index contributed by atoms with van der Waals surface area (Å²) in [6.07, 6.45) is 3.05. The number of ketones is 1. The summed E-state index contributed by atoms with van der Waals surface area (Å²) in [5.41, 5.74) is -0.0320. The standard InChI is InChI=1S/C29H34N6O8S2Si/c1-18(2)10-13-34-26-20(7-6-11-30-26)24(36)23(28(34)37)25-32-21-17-19(8-9-22(21)44(39,40)33-25)27-31-12-14-35(45(27,41)42)29(38)43-15-16-46(3,4)5/h6-9,11-12,14,17-18,23H,10,13,15-16H2,1-5H3,(H,32,33). The van der Waals surface area contributed by atoms with E-state index in [4.69, 9.17) is 4.74 Å². The number of hydrogen-bond donors (Lipinski definition) is 1. The normalized spacial score (nSPS) is 20.0. The fourth-order valence-corrected chi connectivity index (χ4v) is 8.04. The van der Waals surface area contributed by atoms with Crippen LogP contribution in [0, 0.1) is 11.8 Å². The number of hydrogen-bond acceptors (Lipinski definition) is 11. The van der Waals surface area contributed by atoms with Crippen molar-refractivity contribution in [1.29, 1.82) is 0 Å². The number of carbonyl (C=O) groups excluding carboxylic acids is 3.